The summed E-state index contributed by atoms with van der Waals surface area (Å²) in [5, 5.41) is 2.89. The van der Waals surface area contributed by atoms with E-state index in [9.17, 15) is 4.79 Å². The molecule has 0 heterocycles. The molecule has 0 aliphatic carbocycles. The molecule has 3 N–H and O–H groups in total. The predicted molar refractivity (Wildman–Crippen MR) is 78.9 cm³/mol. The summed E-state index contributed by atoms with van der Waals surface area (Å²) in [5.74, 6) is 1.39. The van der Waals surface area contributed by atoms with Gasteiger partial charge in [0.2, 0.25) is 5.91 Å². The van der Waals surface area contributed by atoms with Crippen LogP contribution in [0.4, 0.5) is 0 Å². The van der Waals surface area contributed by atoms with Crippen LogP contribution in [-0.4, -0.2) is 26.2 Å². The zero-order valence-corrected chi connectivity index (χ0v) is 12.4. The standard InChI is InChI=1S/C15H24N2O3/c1-11(16)5-4-6-15(18)17-10-12-7-8-13(19-2)14(9-12)20-3/h7-9,11H,4-6,10,16H2,1-3H3,(H,17,18). The molecule has 0 fully saturated rings. The van der Waals surface area contributed by atoms with Crippen molar-refractivity contribution in [2.45, 2.75) is 38.8 Å². The molecule has 0 saturated heterocycles. The van der Waals surface area contributed by atoms with E-state index in [-0.39, 0.29) is 11.9 Å². The van der Waals surface area contributed by atoms with E-state index in [2.05, 4.69) is 5.32 Å². The molecule has 1 unspecified atom stereocenters. The molecular formula is C15H24N2O3. The normalized spacial score (nSPS) is 11.8. The van der Waals surface area contributed by atoms with Gasteiger partial charge in [-0.25, -0.2) is 0 Å². The summed E-state index contributed by atoms with van der Waals surface area (Å²) in [6.07, 6.45) is 2.19. The van der Waals surface area contributed by atoms with Gasteiger partial charge in [0, 0.05) is 19.0 Å². The number of carbonyl (C=O) groups excluding carboxylic acids is 1. The van der Waals surface area contributed by atoms with E-state index in [0.717, 1.165) is 18.4 Å². The van der Waals surface area contributed by atoms with Gasteiger partial charge in [0.1, 0.15) is 0 Å². The predicted octanol–water partition coefficient (Wildman–Crippen LogP) is 1.84. The number of hydrogen-bond acceptors (Lipinski definition) is 4. The highest BCUT2D eigenvalue weighted by molar-refractivity contribution is 5.75. The molecule has 0 aliphatic heterocycles. The van der Waals surface area contributed by atoms with Gasteiger partial charge >= 0.3 is 0 Å². The largest absolute Gasteiger partial charge is 0.493 e. The highest BCUT2D eigenvalue weighted by Crippen LogP contribution is 2.27. The van der Waals surface area contributed by atoms with E-state index in [1.54, 1.807) is 14.2 Å². The summed E-state index contributed by atoms with van der Waals surface area (Å²) in [6, 6.07) is 5.75. The lowest BCUT2D eigenvalue weighted by Crippen LogP contribution is -2.23. The molecule has 1 amide bonds. The Bertz CT molecular complexity index is 433. The molecular weight excluding hydrogens is 256 g/mol. The zero-order valence-electron chi connectivity index (χ0n) is 12.4. The summed E-state index contributed by atoms with van der Waals surface area (Å²) in [5.41, 5.74) is 6.62. The van der Waals surface area contributed by atoms with Crippen LogP contribution in [-0.2, 0) is 11.3 Å². The second kappa shape index (κ2) is 8.43. The van der Waals surface area contributed by atoms with Crippen LogP contribution in [0.15, 0.2) is 18.2 Å². The van der Waals surface area contributed by atoms with Crippen molar-refractivity contribution in [1.82, 2.24) is 5.32 Å². The smallest absolute Gasteiger partial charge is 0.220 e. The maximum atomic E-state index is 11.7. The Balaban J connectivity index is 2.43. The van der Waals surface area contributed by atoms with Gasteiger partial charge in [0.05, 0.1) is 14.2 Å². The Morgan fingerprint density at radius 3 is 2.60 bits per heavy atom. The molecule has 112 valence electrons. The van der Waals surface area contributed by atoms with Crippen LogP contribution in [0.3, 0.4) is 0 Å². The molecule has 0 aliphatic rings. The summed E-state index contributed by atoms with van der Waals surface area (Å²) in [6.45, 7) is 2.43. The Morgan fingerprint density at radius 2 is 2.00 bits per heavy atom. The third-order valence-corrected chi connectivity index (χ3v) is 3.00. The van der Waals surface area contributed by atoms with Gasteiger partial charge in [-0.05, 0) is 37.5 Å². The summed E-state index contributed by atoms with van der Waals surface area (Å²) < 4.78 is 10.4. The minimum absolute atomic E-state index is 0.0421. The lowest BCUT2D eigenvalue weighted by molar-refractivity contribution is -0.121. The Hall–Kier alpha value is -1.75. The van der Waals surface area contributed by atoms with Crippen molar-refractivity contribution in [3.8, 4) is 11.5 Å². The minimum Gasteiger partial charge on any atom is -0.493 e. The quantitative estimate of drug-likeness (QED) is 0.762. The van der Waals surface area contributed by atoms with E-state index in [4.69, 9.17) is 15.2 Å². The number of rotatable bonds is 8. The third-order valence-electron chi connectivity index (χ3n) is 3.00. The fourth-order valence-electron chi connectivity index (χ4n) is 1.86. The molecule has 1 rings (SSSR count). The van der Waals surface area contributed by atoms with E-state index >= 15 is 0 Å². The van der Waals surface area contributed by atoms with Crippen LogP contribution in [0.25, 0.3) is 0 Å². The molecule has 5 heteroatoms. The molecule has 0 aromatic heterocycles. The van der Waals surface area contributed by atoms with Crippen molar-refractivity contribution in [3.05, 3.63) is 23.8 Å². The van der Waals surface area contributed by atoms with Crippen LogP contribution in [0.2, 0.25) is 0 Å². The number of hydrogen-bond donors (Lipinski definition) is 2. The van der Waals surface area contributed by atoms with Gasteiger partial charge in [-0.1, -0.05) is 6.07 Å². The number of methoxy groups -OCH3 is 2. The van der Waals surface area contributed by atoms with E-state index < -0.39 is 0 Å². The first kappa shape index (κ1) is 16.3. The maximum absolute atomic E-state index is 11.7. The average Bonchev–Trinajstić information content (AvgIpc) is 2.44. The molecule has 20 heavy (non-hydrogen) atoms. The van der Waals surface area contributed by atoms with Gasteiger partial charge < -0.3 is 20.5 Å². The van der Waals surface area contributed by atoms with Crippen molar-refractivity contribution >= 4 is 5.91 Å². The van der Waals surface area contributed by atoms with Crippen LogP contribution >= 0.6 is 0 Å². The summed E-state index contributed by atoms with van der Waals surface area (Å²) in [4.78, 5) is 11.7. The molecule has 1 aromatic rings. The van der Waals surface area contributed by atoms with Crippen LogP contribution in [0.1, 0.15) is 31.7 Å². The SMILES string of the molecule is COc1ccc(CNC(=O)CCCC(C)N)cc1OC. The number of carbonyl (C=O) groups is 1. The van der Waals surface area contributed by atoms with E-state index in [0.29, 0.717) is 24.5 Å². The number of amides is 1. The third kappa shape index (κ3) is 5.48. The number of benzene rings is 1. The lowest BCUT2D eigenvalue weighted by Gasteiger charge is -2.10. The fourth-order valence-corrected chi connectivity index (χ4v) is 1.86. The molecule has 1 aromatic carbocycles. The number of nitrogens with one attached hydrogen (secondary N) is 1. The molecule has 0 saturated carbocycles. The van der Waals surface area contributed by atoms with Crippen molar-refractivity contribution in [1.29, 1.82) is 0 Å². The van der Waals surface area contributed by atoms with Gasteiger partial charge in [0.15, 0.2) is 11.5 Å². The fraction of sp³-hybridized carbons (Fsp3) is 0.533. The first-order chi connectivity index (χ1) is 9.56. The van der Waals surface area contributed by atoms with Crippen LogP contribution in [0, 0.1) is 0 Å². The van der Waals surface area contributed by atoms with Crippen molar-refractivity contribution in [3.63, 3.8) is 0 Å². The number of ether oxygens (including phenoxy) is 2. The first-order valence-corrected chi connectivity index (χ1v) is 6.80. The Labute approximate surface area is 120 Å². The van der Waals surface area contributed by atoms with Gasteiger partial charge in [-0.3, -0.25) is 4.79 Å². The number of nitrogens with two attached hydrogens (primary N) is 1. The van der Waals surface area contributed by atoms with Crippen LogP contribution in [0.5, 0.6) is 11.5 Å². The average molecular weight is 280 g/mol. The summed E-state index contributed by atoms with van der Waals surface area (Å²) in [7, 11) is 3.19. The molecule has 0 bridgehead atoms. The Kier molecular flexibility index (Phi) is 6.87. The molecule has 0 radical (unpaired) electrons. The maximum Gasteiger partial charge on any atom is 0.220 e. The van der Waals surface area contributed by atoms with Gasteiger partial charge in [0.25, 0.3) is 0 Å². The lowest BCUT2D eigenvalue weighted by atomic mass is 10.1. The van der Waals surface area contributed by atoms with Crippen LogP contribution < -0.4 is 20.5 Å². The van der Waals surface area contributed by atoms with Crippen molar-refractivity contribution < 1.29 is 14.3 Å². The minimum atomic E-state index is 0.0421. The second-order valence-electron chi connectivity index (χ2n) is 4.84. The van der Waals surface area contributed by atoms with E-state index in [1.807, 2.05) is 25.1 Å². The van der Waals surface area contributed by atoms with Crippen molar-refractivity contribution in [2.75, 3.05) is 14.2 Å². The van der Waals surface area contributed by atoms with Gasteiger partial charge in [-0.15, -0.1) is 0 Å². The topological polar surface area (TPSA) is 73.6 Å². The molecule has 0 spiro atoms. The summed E-state index contributed by atoms with van der Waals surface area (Å²) >= 11 is 0. The zero-order chi connectivity index (χ0) is 15.0. The molecule has 1 atom stereocenters. The Morgan fingerprint density at radius 1 is 1.30 bits per heavy atom. The molecule has 5 nitrogen and oxygen atoms in total. The highest BCUT2D eigenvalue weighted by Gasteiger charge is 2.06. The van der Waals surface area contributed by atoms with E-state index in [1.165, 1.54) is 0 Å². The highest BCUT2D eigenvalue weighted by atomic mass is 16.5. The monoisotopic (exact) mass is 280 g/mol. The first-order valence-electron chi connectivity index (χ1n) is 6.80. The van der Waals surface area contributed by atoms with Gasteiger partial charge in [-0.2, -0.15) is 0 Å². The second-order valence-corrected chi connectivity index (χ2v) is 4.84. The van der Waals surface area contributed by atoms with Crippen molar-refractivity contribution in [2.24, 2.45) is 5.73 Å².